The Labute approximate surface area is 107 Å². The second kappa shape index (κ2) is 4.78. The first-order valence-corrected chi connectivity index (χ1v) is 13.0. The number of amidine groups is 1. The van der Waals surface area contributed by atoms with Gasteiger partial charge < -0.3 is 4.23 Å². The van der Waals surface area contributed by atoms with E-state index in [1.54, 1.807) is 0 Å². The van der Waals surface area contributed by atoms with Gasteiger partial charge in [-0.3, -0.25) is 5.41 Å². The fourth-order valence-corrected chi connectivity index (χ4v) is 12.1. The fourth-order valence-electron chi connectivity index (χ4n) is 2.40. The van der Waals surface area contributed by atoms with E-state index in [4.69, 9.17) is 5.41 Å². The van der Waals surface area contributed by atoms with Crippen LogP contribution in [-0.2, 0) is 0 Å². The molecular weight excluding hydrogens is 240 g/mol. The van der Waals surface area contributed by atoms with Crippen LogP contribution < -0.4 is 0 Å². The van der Waals surface area contributed by atoms with Crippen LogP contribution in [0.4, 0.5) is 0 Å². The van der Waals surface area contributed by atoms with E-state index in [1.807, 2.05) is 30.3 Å². The molecule has 0 amide bonds. The van der Waals surface area contributed by atoms with Crippen molar-refractivity contribution in [1.82, 2.24) is 4.23 Å². The molecule has 1 aromatic carbocycles. The van der Waals surface area contributed by atoms with Crippen molar-refractivity contribution in [2.75, 3.05) is 0 Å². The molecule has 0 aliphatic carbocycles. The molecule has 0 aliphatic rings. The maximum Gasteiger partial charge on any atom is 0.139 e. The van der Waals surface area contributed by atoms with Crippen LogP contribution in [0, 0.1) is 5.41 Å². The summed E-state index contributed by atoms with van der Waals surface area (Å²) in [4.78, 5) is 0. The quantitative estimate of drug-likeness (QED) is 0.499. The molecule has 0 saturated carbocycles. The van der Waals surface area contributed by atoms with E-state index < -0.39 is 16.5 Å². The lowest BCUT2D eigenvalue weighted by molar-refractivity contribution is 0.889. The van der Waals surface area contributed by atoms with E-state index in [0.29, 0.717) is 5.84 Å². The predicted molar refractivity (Wildman–Crippen MR) is 81.8 cm³/mol. The first-order chi connectivity index (χ1) is 7.64. The predicted octanol–water partition coefficient (Wildman–Crippen LogP) is 3.98. The van der Waals surface area contributed by atoms with Gasteiger partial charge in [-0.1, -0.05) is 69.6 Å². The Balaban J connectivity index is 3.14. The summed E-state index contributed by atoms with van der Waals surface area (Å²) < 4.78 is 2.44. The molecule has 0 aliphatic heterocycles. The van der Waals surface area contributed by atoms with E-state index in [-0.39, 0.29) is 0 Å². The van der Waals surface area contributed by atoms with Crippen molar-refractivity contribution >= 4 is 22.3 Å². The number of nitrogens with one attached hydrogen (secondary N) is 1. The monoisotopic (exact) mass is 264 g/mol. The largest absolute Gasteiger partial charge is 0.410 e. The summed E-state index contributed by atoms with van der Waals surface area (Å²) in [7, 11) is -2.99. The van der Waals surface area contributed by atoms with Crippen molar-refractivity contribution in [1.29, 1.82) is 5.41 Å². The third kappa shape index (κ3) is 3.54. The van der Waals surface area contributed by atoms with Gasteiger partial charge in [0.25, 0.3) is 0 Å². The second-order valence-electron chi connectivity index (χ2n) is 6.39. The Bertz CT molecular complexity index is 374. The molecule has 0 fully saturated rings. The molecule has 2 nitrogen and oxygen atoms in total. The van der Waals surface area contributed by atoms with E-state index in [1.165, 1.54) is 0 Å². The van der Waals surface area contributed by atoms with Gasteiger partial charge in [0.2, 0.25) is 0 Å². The summed E-state index contributed by atoms with van der Waals surface area (Å²) in [5.74, 6) is 0.712. The molecule has 0 radical (unpaired) electrons. The number of rotatable bonds is 3. The SMILES string of the molecule is C[Si](C)(C)N(C(=N)c1ccccc1)[Si](C)(C)C. The van der Waals surface area contributed by atoms with Crippen LogP contribution in [0.15, 0.2) is 30.3 Å². The van der Waals surface area contributed by atoms with Crippen LogP contribution in [0.1, 0.15) is 5.56 Å². The van der Waals surface area contributed by atoms with E-state index >= 15 is 0 Å². The molecule has 1 aromatic rings. The maximum absolute atomic E-state index is 8.49. The third-order valence-electron chi connectivity index (χ3n) is 2.61. The van der Waals surface area contributed by atoms with E-state index in [9.17, 15) is 0 Å². The molecule has 0 aromatic heterocycles. The first kappa shape index (κ1) is 14.2. The summed E-state index contributed by atoms with van der Waals surface area (Å²) in [6.07, 6.45) is 0. The van der Waals surface area contributed by atoms with Crippen LogP contribution in [0.3, 0.4) is 0 Å². The Kier molecular flexibility index (Phi) is 3.99. The van der Waals surface area contributed by atoms with Crippen LogP contribution in [-0.4, -0.2) is 26.5 Å². The van der Waals surface area contributed by atoms with Gasteiger partial charge in [0.05, 0.1) is 0 Å². The normalized spacial score (nSPS) is 12.4. The molecule has 0 atom stereocenters. The summed E-state index contributed by atoms with van der Waals surface area (Å²) in [6.45, 7) is 13.9. The zero-order chi connectivity index (χ0) is 13.3. The lowest BCUT2D eigenvalue weighted by Crippen LogP contribution is -2.61. The lowest BCUT2D eigenvalue weighted by atomic mass is 10.2. The van der Waals surface area contributed by atoms with Crippen LogP contribution in [0.5, 0.6) is 0 Å². The zero-order valence-corrected chi connectivity index (χ0v) is 13.8. The second-order valence-corrected chi connectivity index (χ2v) is 16.4. The molecule has 1 rings (SSSR count). The Morgan fingerprint density at radius 3 is 1.65 bits per heavy atom. The van der Waals surface area contributed by atoms with Gasteiger partial charge in [-0.25, -0.2) is 0 Å². The number of hydrogen-bond donors (Lipinski definition) is 1. The van der Waals surface area contributed by atoms with Gasteiger partial charge in [0.15, 0.2) is 0 Å². The topological polar surface area (TPSA) is 27.1 Å². The average Bonchev–Trinajstić information content (AvgIpc) is 2.14. The summed E-state index contributed by atoms with van der Waals surface area (Å²) in [5, 5.41) is 8.49. The molecule has 0 saturated heterocycles. The molecule has 0 heterocycles. The van der Waals surface area contributed by atoms with Crippen LogP contribution in [0.2, 0.25) is 39.3 Å². The van der Waals surface area contributed by atoms with Crippen molar-refractivity contribution in [3.8, 4) is 0 Å². The standard InChI is InChI=1S/C13H24N2Si2/c1-16(2,3)15(17(4,5)6)13(14)12-10-8-7-9-11-12/h7-11,14H,1-6H3. The minimum atomic E-state index is -1.50. The Hall–Kier alpha value is -0.876. The molecule has 1 N–H and O–H groups in total. The minimum Gasteiger partial charge on any atom is -0.410 e. The number of nitrogens with zero attached hydrogens (tertiary/aromatic N) is 1. The Morgan fingerprint density at radius 1 is 0.882 bits per heavy atom. The van der Waals surface area contributed by atoms with Gasteiger partial charge >= 0.3 is 0 Å². The zero-order valence-electron chi connectivity index (χ0n) is 11.8. The molecule has 0 bridgehead atoms. The van der Waals surface area contributed by atoms with Gasteiger partial charge in [0.1, 0.15) is 22.3 Å². The van der Waals surface area contributed by atoms with Gasteiger partial charge in [-0.05, 0) is 0 Å². The fraction of sp³-hybridized carbons (Fsp3) is 0.462. The average molecular weight is 265 g/mol. The third-order valence-corrected chi connectivity index (χ3v) is 9.77. The van der Waals surface area contributed by atoms with E-state index in [2.05, 4.69) is 43.5 Å². The Morgan fingerprint density at radius 2 is 1.29 bits per heavy atom. The lowest BCUT2D eigenvalue weighted by Gasteiger charge is -2.45. The van der Waals surface area contributed by atoms with Crippen molar-refractivity contribution in [3.63, 3.8) is 0 Å². The molecule has 4 heteroatoms. The highest BCUT2D eigenvalue weighted by Crippen LogP contribution is 2.22. The highest BCUT2D eigenvalue weighted by molar-refractivity contribution is 6.92. The smallest absolute Gasteiger partial charge is 0.139 e. The van der Waals surface area contributed by atoms with Crippen molar-refractivity contribution < 1.29 is 0 Å². The molecule has 0 spiro atoms. The summed E-state index contributed by atoms with van der Waals surface area (Å²) in [6, 6.07) is 10.1. The molecule has 0 unspecified atom stereocenters. The van der Waals surface area contributed by atoms with Crippen LogP contribution in [0.25, 0.3) is 0 Å². The van der Waals surface area contributed by atoms with Crippen LogP contribution >= 0.6 is 0 Å². The highest BCUT2D eigenvalue weighted by Gasteiger charge is 2.36. The molecule has 17 heavy (non-hydrogen) atoms. The minimum absolute atomic E-state index is 0.712. The van der Waals surface area contributed by atoms with Gasteiger partial charge in [0, 0.05) is 5.56 Å². The van der Waals surface area contributed by atoms with Gasteiger partial charge in [-0.2, -0.15) is 0 Å². The van der Waals surface area contributed by atoms with E-state index in [0.717, 1.165) is 5.56 Å². The number of hydrogen-bond acceptors (Lipinski definition) is 1. The molecular formula is C13H24N2Si2. The van der Waals surface area contributed by atoms with Crippen molar-refractivity contribution in [3.05, 3.63) is 35.9 Å². The summed E-state index contributed by atoms with van der Waals surface area (Å²) >= 11 is 0. The number of benzene rings is 1. The summed E-state index contributed by atoms with van der Waals surface area (Å²) in [5.41, 5.74) is 1.04. The molecule has 94 valence electrons. The van der Waals surface area contributed by atoms with Gasteiger partial charge in [-0.15, -0.1) is 0 Å². The highest BCUT2D eigenvalue weighted by atomic mass is 28.4. The maximum atomic E-state index is 8.49. The van der Waals surface area contributed by atoms with Crippen molar-refractivity contribution in [2.24, 2.45) is 0 Å². The first-order valence-electron chi connectivity index (χ1n) is 6.08. The van der Waals surface area contributed by atoms with Crippen molar-refractivity contribution in [2.45, 2.75) is 39.3 Å².